The first-order valence-electron chi connectivity index (χ1n) is 7.32. The van der Waals surface area contributed by atoms with Crippen LogP contribution in [0, 0.1) is 0 Å². The van der Waals surface area contributed by atoms with Gasteiger partial charge >= 0.3 is 47.7 Å². The maximum atomic E-state index is 13.6. The molecule has 32 heavy (non-hydrogen) atoms. The summed E-state index contributed by atoms with van der Waals surface area (Å²) in [6.07, 6.45) is -15.0. The molecule has 19 heteroatoms. The Hall–Kier alpha value is -1.98. The van der Waals surface area contributed by atoms with E-state index >= 15 is 0 Å². The molecule has 0 amide bonds. The maximum absolute atomic E-state index is 13.6. The molecule has 0 unspecified atom stereocenters. The predicted molar refractivity (Wildman–Crippen MR) is 66.2 cm³/mol. The van der Waals surface area contributed by atoms with E-state index in [4.69, 9.17) is 0 Å². The Labute approximate surface area is 165 Å². The van der Waals surface area contributed by atoms with Gasteiger partial charge in [-0.25, -0.2) is 4.79 Å². The third-order valence-electron chi connectivity index (χ3n) is 3.54. The lowest BCUT2D eigenvalue weighted by Gasteiger charge is -2.41. The summed E-state index contributed by atoms with van der Waals surface area (Å²) >= 11 is 0. The molecule has 0 spiro atoms. The summed E-state index contributed by atoms with van der Waals surface area (Å²) in [7, 11) is 0. The summed E-state index contributed by atoms with van der Waals surface area (Å²) in [4.78, 5) is 11.0. The Bertz CT molecular complexity index is 729. The molecule has 0 radical (unpaired) electrons. The molecule has 0 fully saturated rings. The van der Waals surface area contributed by atoms with Crippen molar-refractivity contribution in [2.24, 2.45) is 0 Å². The molecule has 190 valence electrons. The number of carbonyl (C=O) groups is 1. The summed E-state index contributed by atoms with van der Waals surface area (Å²) in [5.41, 5.74) is -2.83. The van der Waals surface area contributed by atoms with Crippen molar-refractivity contribution in [2.45, 2.75) is 55.1 Å². The van der Waals surface area contributed by atoms with Gasteiger partial charge in [0.25, 0.3) is 6.08 Å². The van der Waals surface area contributed by atoms with Crippen LogP contribution in [0.3, 0.4) is 0 Å². The molecule has 0 atom stereocenters. The number of hydrogen-bond donors (Lipinski definition) is 0. The number of carbonyl (C=O) groups excluding carboxylic acids is 1. The van der Waals surface area contributed by atoms with E-state index in [1.807, 2.05) is 0 Å². The fourth-order valence-electron chi connectivity index (χ4n) is 1.77. The van der Waals surface area contributed by atoms with E-state index in [1.54, 1.807) is 0 Å². The predicted octanol–water partition coefficient (Wildman–Crippen LogP) is 6.46. The van der Waals surface area contributed by atoms with Gasteiger partial charge in [-0.2, -0.15) is 74.6 Å². The van der Waals surface area contributed by atoms with Crippen molar-refractivity contribution in [3.63, 3.8) is 0 Å². The van der Waals surface area contributed by atoms with E-state index in [0.29, 0.717) is 0 Å². The number of esters is 1. The highest BCUT2D eigenvalue weighted by Crippen LogP contribution is 2.62. The van der Waals surface area contributed by atoms with Crippen molar-refractivity contribution >= 4 is 5.97 Å². The van der Waals surface area contributed by atoms with Crippen molar-refractivity contribution < 1.29 is 84.2 Å². The molecular weight excluding hydrogens is 511 g/mol. The van der Waals surface area contributed by atoms with Gasteiger partial charge in [-0.3, -0.25) is 0 Å². The summed E-state index contributed by atoms with van der Waals surface area (Å²) in [6.45, 7) is -0.0828. The van der Waals surface area contributed by atoms with Crippen LogP contribution in [0.15, 0.2) is 11.7 Å². The molecule has 0 aliphatic heterocycles. The number of rotatable bonds is 9. The Morgan fingerprint density at radius 2 is 0.969 bits per heavy atom. The van der Waals surface area contributed by atoms with Gasteiger partial charge in [0.15, 0.2) is 0 Å². The molecule has 0 rings (SSSR count). The molecule has 2 nitrogen and oxygen atoms in total. The number of halogens is 17. The third kappa shape index (κ3) is 4.42. The smallest absolute Gasteiger partial charge is 0.460 e. The van der Waals surface area contributed by atoms with E-state index in [1.165, 1.54) is 0 Å². The first-order chi connectivity index (χ1) is 13.8. The lowest BCUT2D eigenvalue weighted by molar-refractivity contribution is -0.452. The van der Waals surface area contributed by atoms with Crippen LogP contribution in [0.4, 0.5) is 74.6 Å². The summed E-state index contributed by atoms with van der Waals surface area (Å²) in [5.74, 6) is -51.2. The topological polar surface area (TPSA) is 26.3 Å². The Morgan fingerprint density at radius 3 is 1.28 bits per heavy atom. The van der Waals surface area contributed by atoms with Gasteiger partial charge in [0.2, 0.25) is 0 Å². The van der Waals surface area contributed by atoms with E-state index in [-0.39, 0.29) is 0 Å². The van der Waals surface area contributed by atoms with Crippen molar-refractivity contribution in [2.75, 3.05) is 6.61 Å². The summed E-state index contributed by atoms with van der Waals surface area (Å²) < 4.78 is 223. The second-order valence-corrected chi connectivity index (χ2v) is 5.71. The largest absolute Gasteiger partial charge is 0.462 e. The van der Waals surface area contributed by atoms with Gasteiger partial charge < -0.3 is 4.74 Å². The number of hydrogen-bond acceptors (Lipinski definition) is 2. The third-order valence-corrected chi connectivity index (χ3v) is 3.54. The Kier molecular flexibility index (Phi) is 7.90. The van der Waals surface area contributed by atoms with Gasteiger partial charge in [0.05, 0.1) is 13.0 Å². The minimum absolute atomic E-state index is 0.829. The zero-order valence-electron chi connectivity index (χ0n) is 14.7. The SMILES string of the molecule is CCOC(=O)C(CC(F)(F)C(F)(F)C(F)(F)C(F)(F)C(F)(F)C(F)(F)C(F)(F)F)=C(F)F. The zero-order valence-corrected chi connectivity index (χ0v) is 14.7. The van der Waals surface area contributed by atoms with E-state index < -0.39 is 72.4 Å². The van der Waals surface area contributed by atoms with Gasteiger partial charge in [-0.05, 0) is 6.92 Å². The van der Waals surface area contributed by atoms with Crippen molar-refractivity contribution in [3.05, 3.63) is 11.7 Å². The lowest BCUT2D eigenvalue weighted by Crippen LogP contribution is -2.72. The van der Waals surface area contributed by atoms with Crippen LogP contribution in [0.25, 0.3) is 0 Å². The summed E-state index contributed by atoms with van der Waals surface area (Å²) in [5, 5.41) is 0. The normalized spacial score (nSPS) is 14.9. The molecule has 0 bridgehead atoms. The van der Waals surface area contributed by atoms with Crippen LogP contribution in [-0.2, 0) is 9.53 Å². The lowest BCUT2D eigenvalue weighted by atomic mass is 9.89. The highest BCUT2D eigenvalue weighted by molar-refractivity contribution is 5.88. The standard InChI is InChI=1S/C13H7F17O2/c1-2-32-6(31)4(5(14)15)3-7(16,17)8(18,19)9(20,21)10(22,23)11(24,25)12(26,27)13(28,29)30/h2-3H2,1H3. The molecule has 0 aromatic heterocycles. The summed E-state index contributed by atoms with van der Waals surface area (Å²) in [6, 6.07) is 0. The van der Waals surface area contributed by atoms with Crippen LogP contribution in [0.1, 0.15) is 13.3 Å². The van der Waals surface area contributed by atoms with Crippen LogP contribution in [0.5, 0.6) is 0 Å². The molecule has 0 saturated carbocycles. The average Bonchev–Trinajstić information content (AvgIpc) is 2.57. The van der Waals surface area contributed by atoms with Gasteiger partial charge in [0.1, 0.15) is 5.57 Å². The first-order valence-corrected chi connectivity index (χ1v) is 7.32. The quantitative estimate of drug-likeness (QED) is 0.199. The Balaban J connectivity index is 6.60. The van der Waals surface area contributed by atoms with Crippen molar-refractivity contribution in [1.29, 1.82) is 0 Å². The van der Waals surface area contributed by atoms with Crippen molar-refractivity contribution in [1.82, 2.24) is 0 Å². The molecule has 0 aliphatic carbocycles. The molecule has 0 N–H and O–H groups in total. The average molecular weight is 518 g/mol. The maximum Gasteiger partial charge on any atom is 0.460 e. The van der Waals surface area contributed by atoms with Gasteiger partial charge in [-0.15, -0.1) is 0 Å². The molecule has 0 aliphatic rings. The van der Waals surface area contributed by atoms with E-state index in [9.17, 15) is 79.4 Å². The first kappa shape index (κ1) is 30.0. The molecule has 0 aromatic carbocycles. The molecule has 0 aromatic rings. The van der Waals surface area contributed by atoms with Gasteiger partial charge in [0, 0.05) is 0 Å². The van der Waals surface area contributed by atoms with E-state index in [0.717, 1.165) is 6.92 Å². The highest BCUT2D eigenvalue weighted by atomic mass is 19.4. The van der Waals surface area contributed by atoms with Crippen LogP contribution >= 0.6 is 0 Å². The molecule has 0 heterocycles. The minimum atomic E-state index is -8.55. The van der Waals surface area contributed by atoms with Crippen LogP contribution in [-0.4, -0.2) is 54.3 Å². The van der Waals surface area contributed by atoms with Crippen LogP contribution < -0.4 is 0 Å². The van der Waals surface area contributed by atoms with E-state index in [2.05, 4.69) is 4.74 Å². The second-order valence-electron chi connectivity index (χ2n) is 5.71. The molecular formula is C13H7F17O2. The minimum Gasteiger partial charge on any atom is -0.462 e. The number of alkyl halides is 15. The van der Waals surface area contributed by atoms with Crippen LogP contribution in [0.2, 0.25) is 0 Å². The Morgan fingerprint density at radius 1 is 0.625 bits per heavy atom. The number of ether oxygens (including phenoxy) is 1. The second kappa shape index (κ2) is 8.42. The highest BCUT2D eigenvalue weighted by Gasteiger charge is 2.93. The molecule has 0 saturated heterocycles. The fraction of sp³-hybridized carbons (Fsp3) is 0.769. The van der Waals surface area contributed by atoms with Crippen molar-refractivity contribution in [3.8, 4) is 0 Å². The monoisotopic (exact) mass is 518 g/mol. The van der Waals surface area contributed by atoms with Gasteiger partial charge in [-0.1, -0.05) is 0 Å². The fourth-order valence-corrected chi connectivity index (χ4v) is 1.77. The zero-order chi connectivity index (χ0) is 26.4.